The number of benzene rings is 1. The Balaban J connectivity index is 1.84. The Morgan fingerprint density at radius 2 is 2.05 bits per heavy atom. The quantitative estimate of drug-likeness (QED) is 0.903. The minimum Gasteiger partial charge on any atom is -0.389 e. The van der Waals surface area contributed by atoms with Gasteiger partial charge in [0.2, 0.25) is 5.91 Å². The summed E-state index contributed by atoms with van der Waals surface area (Å²) in [5, 5.41) is 4.06. The van der Waals surface area contributed by atoms with Crippen molar-refractivity contribution in [1.29, 1.82) is 0 Å². The molecule has 2 aromatic rings. The molecule has 0 spiro atoms. The number of thiazole rings is 1. The van der Waals surface area contributed by atoms with Crippen molar-refractivity contribution in [1.82, 2.24) is 4.98 Å². The molecule has 4 nitrogen and oxygen atoms in total. The van der Waals surface area contributed by atoms with E-state index in [9.17, 15) is 4.79 Å². The maximum atomic E-state index is 11.7. The van der Waals surface area contributed by atoms with Crippen LogP contribution in [-0.4, -0.2) is 10.9 Å². The maximum absolute atomic E-state index is 11.7. The van der Waals surface area contributed by atoms with E-state index >= 15 is 0 Å². The average Bonchev–Trinajstić information content (AvgIpc) is 3.16. The molecule has 3 rings (SSSR count). The molecule has 1 saturated carbocycles. The molecule has 1 aromatic carbocycles. The summed E-state index contributed by atoms with van der Waals surface area (Å²) in [6.07, 6.45) is 1.97. The minimum atomic E-state index is 0.0595. The highest BCUT2D eigenvalue weighted by molar-refractivity contribution is 7.20. The van der Waals surface area contributed by atoms with Gasteiger partial charge in [-0.3, -0.25) is 4.79 Å². The molecule has 1 amide bonds. The molecule has 0 unspecified atom stereocenters. The van der Waals surface area contributed by atoms with E-state index in [0.717, 1.165) is 24.1 Å². The summed E-state index contributed by atoms with van der Waals surface area (Å²) >= 11 is 1.32. The van der Waals surface area contributed by atoms with Crippen LogP contribution in [0.5, 0.6) is 0 Å². The number of hydrogen-bond donors (Lipinski definition) is 2. The second-order valence-corrected chi connectivity index (χ2v) is 5.89. The first-order valence-corrected chi connectivity index (χ1v) is 7.09. The van der Waals surface area contributed by atoms with Gasteiger partial charge in [0.05, 0.1) is 0 Å². The van der Waals surface area contributed by atoms with Crippen LogP contribution >= 0.6 is 11.3 Å². The number of nitrogens with one attached hydrogen (secondary N) is 1. The van der Waals surface area contributed by atoms with Gasteiger partial charge in [-0.2, -0.15) is 0 Å². The molecule has 3 N–H and O–H groups in total. The van der Waals surface area contributed by atoms with E-state index in [4.69, 9.17) is 5.73 Å². The fourth-order valence-electron chi connectivity index (χ4n) is 1.86. The number of carbonyl (C=O) groups excluding carboxylic acids is 1. The standard InChI is InChI=1S/C14H15N3OS/c1-8-2-4-9(5-3-8)11-12(15)19-14(16-11)17-13(18)10-6-7-10/h2-5,10H,6-7,15H2,1H3,(H,16,17,18). The van der Waals surface area contributed by atoms with Gasteiger partial charge in [0.25, 0.3) is 0 Å². The number of rotatable bonds is 3. The topological polar surface area (TPSA) is 68.0 Å². The van der Waals surface area contributed by atoms with E-state index in [-0.39, 0.29) is 11.8 Å². The van der Waals surface area contributed by atoms with Gasteiger partial charge in [-0.1, -0.05) is 41.2 Å². The first-order chi connectivity index (χ1) is 9.13. The van der Waals surface area contributed by atoms with Crippen LogP contribution in [0.1, 0.15) is 18.4 Å². The number of amides is 1. The number of anilines is 2. The molecule has 0 bridgehead atoms. The van der Waals surface area contributed by atoms with Crippen molar-refractivity contribution >= 4 is 27.4 Å². The molecule has 1 aromatic heterocycles. The van der Waals surface area contributed by atoms with Gasteiger partial charge in [0.15, 0.2) is 5.13 Å². The summed E-state index contributed by atoms with van der Waals surface area (Å²) in [5.74, 6) is 0.233. The predicted molar refractivity (Wildman–Crippen MR) is 78.1 cm³/mol. The van der Waals surface area contributed by atoms with Gasteiger partial charge in [0, 0.05) is 11.5 Å². The molecule has 0 aliphatic heterocycles. The number of aromatic nitrogens is 1. The molecule has 1 heterocycles. The highest BCUT2D eigenvalue weighted by atomic mass is 32.1. The number of nitrogen functional groups attached to an aromatic ring is 1. The maximum Gasteiger partial charge on any atom is 0.229 e. The normalized spacial score (nSPS) is 14.4. The fourth-order valence-corrected chi connectivity index (χ4v) is 2.61. The third-order valence-electron chi connectivity index (χ3n) is 3.16. The molecule has 0 saturated heterocycles. The third kappa shape index (κ3) is 2.61. The van der Waals surface area contributed by atoms with Gasteiger partial charge in [-0.15, -0.1) is 0 Å². The van der Waals surface area contributed by atoms with E-state index in [1.54, 1.807) is 0 Å². The Hall–Kier alpha value is -1.88. The van der Waals surface area contributed by atoms with Crippen LogP contribution in [0, 0.1) is 12.8 Å². The van der Waals surface area contributed by atoms with Crippen LogP contribution in [0.4, 0.5) is 10.1 Å². The molecule has 5 heteroatoms. The van der Waals surface area contributed by atoms with Crippen LogP contribution in [0.25, 0.3) is 11.3 Å². The van der Waals surface area contributed by atoms with Gasteiger partial charge in [0.1, 0.15) is 10.7 Å². The highest BCUT2D eigenvalue weighted by Crippen LogP contribution is 2.35. The summed E-state index contributed by atoms with van der Waals surface area (Å²) in [5.41, 5.74) is 8.90. The Bertz CT molecular complexity index is 614. The molecule has 98 valence electrons. The summed E-state index contributed by atoms with van der Waals surface area (Å²) < 4.78 is 0. The highest BCUT2D eigenvalue weighted by Gasteiger charge is 2.30. The van der Waals surface area contributed by atoms with Gasteiger partial charge < -0.3 is 11.1 Å². The molecule has 19 heavy (non-hydrogen) atoms. The molecule has 1 aliphatic rings. The van der Waals surface area contributed by atoms with Gasteiger partial charge in [-0.05, 0) is 19.8 Å². The first kappa shape index (κ1) is 12.2. The smallest absolute Gasteiger partial charge is 0.229 e. The van der Waals surface area contributed by atoms with E-state index < -0.39 is 0 Å². The van der Waals surface area contributed by atoms with Gasteiger partial charge in [-0.25, -0.2) is 4.98 Å². The average molecular weight is 273 g/mol. The van der Waals surface area contributed by atoms with E-state index in [1.165, 1.54) is 16.9 Å². The van der Waals surface area contributed by atoms with E-state index in [0.29, 0.717) is 10.1 Å². The van der Waals surface area contributed by atoms with Crippen molar-refractivity contribution in [3.05, 3.63) is 29.8 Å². The zero-order chi connectivity index (χ0) is 13.4. The molecule has 1 fully saturated rings. The van der Waals surface area contributed by atoms with Crippen molar-refractivity contribution in [2.45, 2.75) is 19.8 Å². The second-order valence-electron chi connectivity index (χ2n) is 4.86. The first-order valence-electron chi connectivity index (χ1n) is 6.27. The lowest BCUT2D eigenvalue weighted by Gasteiger charge is -1.99. The summed E-state index contributed by atoms with van der Waals surface area (Å²) in [6, 6.07) is 8.04. The molecule has 0 radical (unpaired) electrons. The number of nitrogens with zero attached hydrogens (tertiary/aromatic N) is 1. The molecule has 1 aliphatic carbocycles. The SMILES string of the molecule is Cc1ccc(-c2nc(NC(=O)C3CC3)sc2N)cc1. The van der Waals surface area contributed by atoms with Crippen molar-refractivity contribution in [3.63, 3.8) is 0 Å². The fraction of sp³-hybridized carbons (Fsp3) is 0.286. The summed E-state index contributed by atoms with van der Waals surface area (Å²) in [7, 11) is 0. The number of nitrogens with two attached hydrogens (primary N) is 1. The van der Waals surface area contributed by atoms with Crippen molar-refractivity contribution < 1.29 is 4.79 Å². The lowest BCUT2D eigenvalue weighted by Crippen LogP contribution is -2.12. The van der Waals surface area contributed by atoms with Crippen molar-refractivity contribution in [2.24, 2.45) is 5.92 Å². The van der Waals surface area contributed by atoms with E-state index in [2.05, 4.69) is 10.3 Å². The number of aryl methyl sites for hydroxylation is 1. The zero-order valence-corrected chi connectivity index (χ0v) is 11.5. The Labute approximate surface area is 115 Å². The van der Waals surface area contributed by atoms with Crippen LogP contribution in [-0.2, 0) is 4.79 Å². The third-order valence-corrected chi connectivity index (χ3v) is 3.96. The lowest BCUT2D eigenvalue weighted by atomic mass is 10.1. The van der Waals surface area contributed by atoms with Crippen LogP contribution in [0.2, 0.25) is 0 Å². The Morgan fingerprint density at radius 1 is 1.37 bits per heavy atom. The largest absolute Gasteiger partial charge is 0.389 e. The lowest BCUT2D eigenvalue weighted by molar-refractivity contribution is -0.117. The Kier molecular flexibility index (Phi) is 2.98. The monoisotopic (exact) mass is 273 g/mol. The van der Waals surface area contributed by atoms with Crippen molar-refractivity contribution in [3.8, 4) is 11.3 Å². The van der Waals surface area contributed by atoms with Crippen LogP contribution < -0.4 is 11.1 Å². The summed E-state index contributed by atoms with van der Waals surface area (Å²) in [6.45, 7) is 2.04. The van der Waals surface area contributed by atoms with Gasteiger partial charge >= 0.3 is 0 Å². The van der Waals surface area contributed by atoms with E-state index in [1.807, 2.05) is 31.2 Å². The van der Waals surface area contributed by atoms with Crippen LogP contribution in [0.15, 0.2) is 24.3 Å². The van der Waals surface area contributed by atoms with Crippen LogP contribution in [0.3, 0.4) is 0 Å². The number of carbonyl (C=O) groups is 1. The molecular weight excluding hydrogens is 258 g/mol. The zero-order valence-electron chi connectivity index (χ0n) is 10.6. The second kappa shape index (κ2) is 4.66. The van der Waals surface area contributed by atoms with Crippen molar-refractivity contribution in [2.75, 3.05) is 11.1 Å². The molecular formula is C14H15N3OS. The predicted octanol–water partition coefficient (Wildman–Crippen LogP) is 3.05. The Morgan fingerprint density at radius 3 is 2.68 bits per heavy atom. The number of hydrogen-bond acceptors (Lipinski definition) is 4. The minimum absolute atomic E-state index is 0.0595. The summed E-state index contributed by atoms with van der Waals surface area (Å²) in [4.78, 5) is 16.1. The molecule has 0 atom stereocenters.